The van der Waals surface area contributed by atoms with Gasteiger partial charge in [0.15, 0.2) is 0 Å². The zero-order valence-corrected chi connectivity index (χ0v) is 13.6. The summed E-state index contributed by atoms with van der Waals surface area (Å²) in [6, 6.07) is 4.69. The summed E-state index contributed by atoms with van der Waals surface area (Å²) in [5, 5.41) is 8.42. The fourth-order valence-corrected chi connectivity index (χ4v) is 2.97. The summed E-state index contributed by atoms with van der Waals surface area (Å²) in [6.07, 6.45) is 0.709. The van der Waals surface area contributed by atoms with Crippen molar-refractivity contribution in [3.8, 4) is 0 Å². The molecule has 1 unspecified atom stereocenters. The molecule has 0 aliphatic heterocycles. The van der Waals surface area contributed by atoms with Crippen LogP contribution in [0.15, 0.2) is 18.2 Å². The van der Waals surface area contributed by atoms with Gasteiger partial charge in [-0.15, -0.1) is 0 Å². The van der Waals surface area contributed by atoms with Gasteiger partial charge in [-0.2, -0.15) is 5.10 Å². The second kappa shape index (κ2) is 6.58. The number of aryl methyl sites for hydroxylation is 2. The molecule has 1 heterocycles. The number of nitrogens with one attached hydrogen (secondary N) is 1. The van der Waals surface area contributed by atoms with E-state index >= 15 is 0 Å². The number of likely N-dealkylation sites (N-methyl/N-ethyl adjacent to an activating group) is 1. The molecule has 0 amide bonds. The number of rotatable bonds is 5. The Labute approximate surface area is 130 Å². The van der Waals surface area contributed by atoms with Gasteiger partial charge >= 0.3 is 0 Å². The fourth-order valence-electron chi connectivity index (χ4n) is 2.72. The Morgan fingerprint density at radius 1 is 1.38 bits per heavy atom. The second-order valence-corrected chi connectivity index (χ2v) is 5.67. The summed E-state index contributed by atoms with van der Waals surface area (Å²) in [5.74, 6) is -0.308. The van der Waals surface area contributed by atoms with Crippen LogP contribution in [0.4, 0.5) is 4.39 Å². The van der Waals surface area contributed by atoms with E-state index in [0.29, 0.717) is 11.4 Å². The van der Waals surface area contributed by atoms with Gasteiger partial charge in [0.25, 0.3) is 0 Å². The first-order valence-electron chi connectivity index (χ1n) is 7.11. The Balaban J connectivity index is 2.35. The van der Waals surface area contributed by atoms with E-state index < -0.39 is 0 Å². The molecule has 1 aromatic carbocycles. The summed E-state index contributed by atoms with van der Waals surface area (Å²) in [4.78, 5) is 0. The van der Waals surface area contributed by atoms with Gasteiger partial charge in [0.05, 0.1) is 5.69 Å². The number of aromatic nitrogens is 2. The summed E-state index contributed by atoms with van der Waals surface area (Å²) in [5.41, 5.74) is 4.28. The standard InChI is InChI=1S/C16H21ClFN3/c1-5-19-15(16-10(2)20-21(4)11(16)3)8-12-6-7-13(18)9-14(12)17/h6-7,9,15,19H,5,8H2,1-4H3. The molecule has 2 rings (SSSR count). The van der Waals surface area contributed by atoms with Crippen molar-refractivity contribution in [1.29, 1.82) is 0 Å². The zero-order valence-electron chi connectivity index (χ0n) is 12.9. The third-order valence-electron chi connectivity index (χ3n) is 3.80. The van der Waals surface area contributed by atoms with Gasteiger partial charge in [-0.3, -0.25) is 4.68 Å². The number of benzene rings is 1. The number of hydrogen-bond donors (Lipinski definition) is 1. The van der Waals surface area contributed by atoms with Crippen molar-refractivity contribution in [2.24, 2.45) is 7.05 Å². The Morgan fingerprint density at radius 2 is 2.10 bits per heavy atom. The molecule has 21 heavy (non-hydrogen) atoms. The maximum atomic E-state index is 13.2. The molecule has 2 aromatic rings. The van der Waals surface area contributed by atoms with Crippen LogP contribution in [-0.2, 0) is 13.5 Å². The third kappa shape index (κ3) is 3.44. The maximum absolute atomic E-state index is 13.2. The fraction of sp³-hybridized carbons (Fsp3) is 0.438. The average molecular weight is 310 g/mol. The van der Waals surface area contributed by atoms with E-state index in [-0.39, 0.29) is 11.9 Å². The topological polar surface area (TPSA) is 29.9 Å². The van der Waals surface area contributed by atoms with Gasteiger partial charge in [0.2, 0.25) is 0 Å². The lowest BCUT2D eigenvalue weighted by Crippen LogP contribution is -2.24. The normalized spacial score (nSPS) is 12.7. The molecule has 1 aromatic heterocycles. The van der Waals surface area contributed by atoms with Gasteiger partial charge in [-0.25, -0.2) is 4.39 Å². The molecule has 1 N–H and O–H groups in total. The van der Waals surface area contributed by atoms with Gasteiger partial charge in [0.1, 0.15) is 5.82 Å². The van der Waals surface area contributed by atoms with Crippen LogP contribution in [0.3, 0.4) is 0 Å². The lowest BCUT2D eigenvalue weighted by atomic mass is 9.97. The highest BCUT2D eigenvalue weighted by molar-refractivity contribution is 6.31. The molecule has 5 heteroatoms. The average Bonchev–Trinajstić information content (AvgIpc) is 2.66. The molecule has 1 atom stereocenters. The van der Waals surface area contributed by atoms with Crippen molar-refractivity contribution in [2.45, 2.75) is 33.2 Å². The summed E-state index contributed by atoms with van der Waals surface area (Å²) < 4.78 is 15.1. The van der Waals surface area contributed by atoms with Crippen molar-refractivity contribution >= 4 is 11.6 Å². The smallest absolute Gasteiger partial charge is 0.124 e. The van der Waals surface area contributed by atoms with Crippen molar-refractivity contribution < 1.29 is 4.39 Å². The highest BCUT2D eigenvalue weighted by Crippen LogP contribution is 2.27. The van der Waals surface area contributed by atoms with Crippen LogP contribution >= 0.6 is 11.6 Å². The van der Waals surface area contributed by atoms with Crippen molar-refractivity contribution in [2.75, 3.05) is 6.54 Å². The Hall–Kier alpha value is -1.39. The number of nitrogens with zero attached hydrogens (tertiary/aromatic N) is 2. The van der Waals surface area contributed by atoms with Crippen LogP contribution in [0.25, 0.3) is 0 Å². The molecule has 0 saturated carbocycles. The largest absolute Gasteiger partial charge is 0.310 e. The minimum absolute atomic E-state index is 0.117. The molecular formula is C16H21ClFN3. The van der Waals surface area contributed by atoms with E-state index in [0.717, 1.165) is 23.5 Å². The van der Waals surface area contributed by atoms with E-state index in [1.807, 2.05) is 18.7 Å². The minimum Gasteiger partial charge on any atom is -0.310 e. The van der Waals surface area contributed by atoms with E-state index in [1.165, 1.54) is 17.7 Å². The first-order valence-corrected chi connectivity index (χ1v) is 7.49. The van der Waals surface area contributed by atoms with Crippen molar-refractivity contribution in [3.63, 3.8) is 0 Å². The van der Waals surface area contributed by atoms with Crippen LogP contribution in [-0.4, -0.2) is 16.3 Å². The molecule has 0 aliphatic carbocycles. The summed E-state index contributed by atoms with van der Waals surface area (Å²) in [7, 11) is 1.94. The third-order valence-corrected chi connectivity index (χ3v) is 4.15. The molecule has 0 saturated heterocycles. The monoisotopic (exact) mass is 309 g/mol. The van der Waals surface area contributed by atoms with Crippen LogP contribution < -0.4 is 5.32 Å². The number of hydrogen-bond acceptors (Lipinski definition) is 2. The van der Waals surface area contributed by atoms with Crippen LogP contribution in [0, 0.1) is 19.7 Å². The quantitative estimate of drug-likeness (QED) is 0.912. The van der Waals surface area contributed by atoms with Crippen molar-refractivity contribution in [1.82, 2.24) is 15.1 Å². The van der Waals surface area contributed by atoms with Crippen LogP contribution in [0.1, 0.15) is 35.5 Å². The van der Waals surface area contributed by atoms with Gasteiger partial charge in [-0.1, -0.05) is 24.6 Å². The lowest BCUT2D eigenvalue weighted by molar-refractivity contribution is 0.543. The SMILES string of the molecule is CCNC(Cc1ccc(F)cc1Cl)c1c(C)nn(C)c1C. The van der Waals surface area contributed by atoms with E-state index in [1.54, 1.807) is 6.07 Å². The van der Waals surface area contributed by atoms with E-state index in [9.17, 15) is 4.39 Å². The van der Waals surface area contributed by atoms with Crippen molar-refractivity contribution in [3.05, 3.63) is 51.6 Å². The van der Waals surface area contributed by atoms with E-state index in [4.69, 9.17) is 11.6 Å². The highest BCUT2D eigenvalue weighted by atomic mass is 35.5. The summed E-state index contributed by atoms with van der Waals surface area (Å²) >= 11 is 6.16. The molecule has 114 valence electrons. The predicted molar refractivity (Wildman–Crippen MR) is 84.2 cm³/mol. The second-order valence-electron chi connectivity index (χ2n) is 5.26. The minimum atomic E-state index is -0.308. The first kappa shape index (κ1) is 16.0. The molecule has 0 aliphatic rings. The molecular weight excluding hydrogens is 289 g/mol. The van der Waals surface area contributed by atoms with Crippen LogP contribution in [0.2, 0.25) is 5.02 Å². The molecule has 0 spiro atoms. The predicted octanol–water partition coefficient (Wildman–Crippen LogP) is 3.72. The molecule has 0 fully saturated rings. The zero-order chi connectivity index (χ0) is 15.6. The van der Waals surface area contributed by atoms with Gasteiger partial charge in [0, 0.05) is 29.4 Å². The van der Waals surface area contributed by atoms with Gasteiger partial charge < -0.3 is 5.32 Å². The number of halogens is 2. The molecule has 3 nitrogen and oxygen atoms in total. The molecule has 0 radical (unpaired) electrons. The van der Waals surface area contributed by atoms with Gasteiger partial charge in [-0.05, 0) is 44.5 Å². The Kier molecular flexibility index (Phi) is 5.01. The summed E-state index contributed by atoms with van der Waals surface area (Å²) in [6.45, 7) is 6.99. The molecule has 0 bridgehead atoms. The Bertz CT molecular complexity index is 637. The first-order chi connectivity index (χ1) is 9.93. The van der Waals surface area contributed by atoms with E-state index in [2.05, 4.69) is 24.3 Å². The lowest BCUT2D eigenvalue weighted by Gasteiger charge is -2.19. The van der Waals surface area contributed by atoms with Crippen LogP contribution in [0.5, 0.6) is 0 Å². The maximum Gasteiger partial charge on any atom is 0.124 e. The Morgan fingerprint density at radius 3 is 2.62 bits per heavy atom. The highest BCUT2D eigenvalue weighted by Gasteiger charge is 2.20.